The molecule has 1 saturated heterocycles. The van der Waals surface area contributed by atoms with Gasteiger partial charge in [-0.25, -0.2) is 0 Å². The number of thiazole rings is 1. The van der Waals surface area contributed by atoms with Crippen molar-refractivity contribution in [2.45, 2.75) is 51.0 Å². The summed E-state index contributed by atoms with van der Waals surface area (Å²) in [6.45, 7) is 1.38. The number of ether oxygens (including phenoxy) is 2. The lowest BCUT2D eigenvalue weighted by Gasteiger charge is -2.23. The SMILES string of the molecule is CC(=O)OC(C1CC1)[C@@H]1CC[C@H](n2c(=O)sc3c(=O)n(N)c(N)nc32)O1. The average Bonchev–Trinajstić information content (AvgIpc) is 3.22. The van der Waals surface area contributed by atoms with Gasteiger partial charge in [-0.05, 0) is 31.6 Å². The van der Waals surface area contributed by atoms with Crippen LogP contribution in [0.25, 0.3) is 10.3 Å². The van der Waals surface area contributed by atoms with E-state index in [0.29, 0.717) is 23.4 Å². The van der Waals surface area contributed by atoms with Gasteiger partial charge in [0.25, 0.3) is 5.56 Å². The van der Waals surface area contributed by atoms with Crippen molar-refractivity contribution in [3.63, 3.8) is 0 Å². The zero-order chi connectivity index (χ0) is 18.6. The number of hydrogen-bond donors (Lipinski definition) is 2. The molecule has 0 spiro atoms. The monoisotopic (exact) mass is 381 g/mol. The summed E-state index contributed by atoms with van der Waals surface area (Å²) in [5, 5.41) is 0. The first-order valence-corrected chi connectivity index (χ1v) is 9.19. The number of nitrogens with zero attached hydrogens (tertiary/aromatic N) is 3. The summed E-state index contributed by atoms with van der Waals surface area (Å²) in [6, 6.07) is 0. The second kappa shape index (κ2) is 6.09. The van der Waals surface area contributed by atoms with E-state index in [9.17, 15) is 14.4 Å². The van der Waals surface area contributed by atoms with E-state index in [1.165, 1.54) is 11.5 Å². The van der Waals surface area contributed by atoms with Gasteiger partial charge in [-0.1, -0.05) is 11.3 Å². The molecule has 1 saturated carbocycles. The predicted octanol–water partition coefficient (Wildman–Crippen LogP) is -0.0650. The van der Waals surface area contributed by atoms with Crippen molar-refractivity contribution in [2.24, 2.45) is 5.92 Å². The van der Waals surface area contributed by atoms with Gasteiger partial charge in [-0.15, -0.1) is 0 Å². The van der Waals surface area contributed by atoms with E-state index < -0.39 is 11.8 Å². The molecule has 1 aliphatic heterocycles. The minimum Gasteiger partial charge on any atom is -0.459 e. The van der Waals surface area contributed by atoms with Crippen LogP contribution in [-0.4, -0.2) is 32.4 Å². The van der Waals surface area contributed by atoms with Crippen molar-refractivity contribution in [3.8, 4) is 0 Å². The summed E-state index contributed by atoms with van der Waals surface area (Å²) >= 11 is 0.765. The van der Waals surface area contributed by atoms with Crippen molar-refractivity contribution in [1.82, 2.24) is 14.2 Å². The van der Waals surface area contributed by atoms with Crippen LogP contribution in [0.1, 0.15) is 38.8 Å². The number of nitrogens with two attached hydrogens (primary N) is 2. The van der Waals surface area contributed by atoms with Gasteiger partial charge < -0.3 is 21.1 Å². The standard InChI is InChI=1S/C15H19N5O5S/c1-6(21)24-10(7-2-3-7)8-4-5-9(25-8)19-12-11(26-15(19)23)13(22)20(17)14(16)18-12/h7-10H,2-5,17H2,1H3,(H2,16,18)/t8-,9+,10?/m0/s1. The molecular formula is C15H19N5O5S. The van der Waals surface area contributed by atoms with E-state index in [4.69, 9.17) is 21.1 Å². The number of carbonyl (C=O) groups excluding carboxylic acids is 1. The first-order chi connectivity index (χ1) is 12.4. The van der Waals surface area contributed by atoms with Gasteiger partial charge in [0.1, 0.15) is 17.0 Å². The van der Waals surface area contributed by atoms with E-state index >= 15 is 0 Å². The van der Waals surface area contributed by atoms with Gasteiger partial charge in [-0.3, -0.25) is 19.0 Å². The third-order valence-electron chi connectivity index (χ3n) is 4.77. The topological polar surface area (TPSA) is 144 Å². The summed E-state index contributed by atoms with van der Waals surface area (Å²) in [6.07, 6.45) is 2.01. The molecule has 4 N–H and O–H groups in total. The van der Waals surface area contributed by atoms with Crippen LogP contribution in [0.4, 0.5) is 5.95 Å². The first-order valence-electron chi connectivity index (χ1n) is 8.38. The lowest BCUT2D eigenvalue weighted by Crippen LogP contribution is -2.33. The fourth-order valence-corrected chi connectivity index (χ4v) is 4.32. The number of fused-ring (bicyclic) bond motifs is 1. The normalized spacial score (nSPS) is 24.0. The highest BCUT2D eigenvalue weighted by atomic mass is 32.1. The second-order valence-corrected chi connectivity index (χ2v) is 7.62. The Hall–Kier alpha value is -2.40. The third-order valence-corrected chi connectivity index (χ3v) is 5.70. The van der Waals surface area contributed by atoms with Gasteiger partial charge in [0.15, 0.2) is 5.65 Å². The van der Waals surface area contributed by atoms with Crippen LogP contribution in [0, 0.1) is 5.92 Å². The van der Waals surface area contributed by atoms with Crippen molar-refractivity contribution in [2.75, 3.05) is 11.6 Å². The molecule has 1 unspecified atom stereocenters. The summed E-state index contributed by atoms with van der Waals surface area (Å²) in [4.78, 5) is 39.8. The van der Waals surface area contributed by atoms with Crippen molar-refractivity contribution in [3.05, 3.63) is 20.0 Å². The molecule has 0 amide bonds. The van der Waals surface area contributed by atoms with E-state index in [0.717, 1.165) is 24.2 Å². The van der Waals surface area contributed by atoms with Crippen molar-refractivity contribution < 1.29 is 14.3 Å². The molecule has 2 aromatic rings. The van der Waals surface area contributed by atoms with Gasteiger partial charge in [0.05, 0.1) is 6.10 Å². The Balaban J connectivity index is 1.67. The van der Waals surface area contributed by atoms with Crippen LogP contribution >= 0.6 is 11.3 Å². The fraction of sp³-hybridized carbons (Fsp3) is 0.600. The molecule has 3 heterocycles. The van der Waals surface area contributed by atoms with E-state index in [-0.39, 0.29) is 39.3 Å². The van der Waals surface area contributed by atoms with E-state index in [1.54, 1.807) is 0 Å². The smallest absolute Gasteiger partial charge is 0.311 e. The maximum absolute atomic E-state index is 12.4. The first kappa shape index (κ1) is 17.0. The zero-order valence-corrected chi connectivity index (χ0v) is 14.9. The van der Waals surface area contributed by atoms with Crippen LogP contribution in [0.5, 0.6) is 0 Å². The molecule has 11 heteroatoms. The molecule has 10 nitrogen and oxygen atoms in total. The molecule has 0 aromatic carbocycles. The Morgan fingerprint density at radius 3 is 2.73 bits per heavy atom. The summed E-state index contributed by atoms with van der Waals surface area (Å²) in [5.74, 6) is 5.32. The van der Waals surface area contributed by atoms with Gasteiger partial charge in [0, 0.05) is 6.92 Å². The number of anilines is 1. The maximum Gasteiger partial charge on any atom is 0.311 e. The molecule has 1 aliphatic carbocycles. The number of nitrogen functional groups attached to an aromatic ring is 2. The molecule has 2 fully saturated rings. The summed E-state index contributed by atoms with van der Waals surface area (Å²) < 4.78 is 13.7. The molecule has 2 aliphatic rings. The Bertz CT molecular complexity index is 991. The lowest BCUT2D eigenvalue weighted by molar-refractivity contribution is -0.158. The largest absolute Gasteiger partial charge is 0.459 e. The van der Waals surface area contributed by atoms with Crippen LogP contribution in [-0.2, 0) is 14.3 Å². The van der Waals surface area contributed by atoms with Crippen LogP contribution in [0.2, 0.25) is 0 Å². The summed E-state index contributed by atoms with van der Waals surface area (Å²) in [5.41, 5.74) is 5.26. The maximum atomic E-state index is 12.4. The van der Waals surface area contributed by atoms with Crippen molar-refractivity contribution >= 4 is 33.6 Å². The van der Waals surface area contributed by atoms with E-state index in [1.807, 2.05) is 0 Å². The molecule has 2 aromatic heterocycles. The minimum absolute atomic E-state index is 0.137. The number of esters is 1. The zero-order valence-electron chi connectivity index (χ0n) is 14.1. The number of carbonyl (C=O) groups is 1. The van der Waals surface area contributed by atoms with E-state index in [2.05, 4.69) is 4.98 Å². The third kappa shape index (κ3) is 2.76. The lowest BCUT2D eigenvalue weighted by atomic mass is 10.1. The quantitative estimate of drug-likeness (QED) is 0.553. The number of aromatic nitrogens is 3. The number of rotatable bonds is 4. The molecule has 0 bridgehead atoms. The highest BCUT2D eigenvalue weighted by Gasteiger charge is 2.44. The Morgan fingerprint density at radius 1 is 1.35 bits per heavy atom. The Kier molecular flexibility index (Phi) is 3.99. The molecular weight excluding hydrogens is 362 g/mol. The average molecular weight is 381 g/mol. The van der Waals surface area contributed by atoms with Gasteiger partial charge in [-0.2, -0.15) is 9.66 Å². The van der Waals surface area contributed by atoms with Crippen molar-refractivity contribution in [1.29, 1.82) is 0 Å². The fourth-order valence-electron chi connectivity index (χ4n) is 3.42. The summed E-state index contributed by atoms with van der Waals surface area (Å²) in [7, 11) is 0. The Morgan fingerprint density at radius 2 is 2.08 bits per heavy atom. The Labute approximate surface area is 151 Å². The molecule has 0 radical (unpaired) electrons. The molecule has 3 atom stereocenters. The number of hydrogen-bond acceptors (Lipinski definition) is 9. The van der Waals surface area contributed by atoms with Crippen LogP contribution < -0.4 is 22.0 Å². The van der Waals surface area contributed by atoms with Crippen LogP contribution in [0.15, 0.2) is 9.59 Å². The predicted molar refractivity (Wildman–Crippen MR) is 94.1 cm³/mol. The molecule has 4 rings (SSSR count). The van der Waals surface area contributed by atoms with Crippen LogP contribution in [0.3, 0.4) is 0 Å². The highest BCUT2D eigenvalue weighted by Crippen LogP contribution is 2.42. The minimum atomic E-state index is -0.585. The molecule has 26 heavy (non-hydrogen) atoms. The molecule has 140 valence electrons. The van der Waals surface area contributed by atoms with Gasteiger partial charge >= 0.3 is 10.8 Å². The van der Waals surface area contributed by atoms with Gasteiger partial charge in [0.2, 0.25) is 5.95 Å². The second-order valence-electron chi connectivity index (χ2n) is 6.65. The highest BCUT2D eigenvalue weighted by molar-refractivity contribution is 7.16.